The van der Waals surface area contributed by atoms with Crippen molar-refractivity contribution in [1.29, 1.82) is 0 Å². The summed E-state index contributed by atoms with van der Waals surface area (Å²) >= 11 is 0. The molecule has 0 aliphatic rings. The standard InChI is InChI=1S/C16H9F2NO2/c17-10-3-1-9(2-4-10)15-8-13(16(20)21)12-7-11(18)5-6-14(12)19-15/h1-8H,(H,20,21). The van der Waals surface area contributed by atoms with Crippen LogP contribution in [-0.2, 0) is 0 Å². The summed E-state index contributed by atoms with van der Waals surface area (Å²) in [5.41, 5.74) is 1.31. The molecule has 0 bridgehead atoms. The predicted molar refractivity (Wildman–Crippen MR) is 74.1 cm³/mol. The quantitative estimate of drug-likeness (QED) is 0.777. The van der Waals surface area contributed by atoms with Gasteiger partial charge in [-0.05, 0) is 48.5 Å². The maximum absolute atomic E-state index is 13.3. The van der Waals surface area contributed by atoms with Gasteiger partial charge in [0.1, 0.15) is 11.6 Å². The van der Waals surface area contributed by atoms with Gasteiger partial charge in [0, 0.05) is 10.9 Å². The summed E-state index contributed by atoms with van der Waals surface area (Å²) < 4.78 is 26.2. The van der Waals surface area contributed by atoms with Crippen LogP contribution in [0.25, 0.3) is 22.2 Å². The van der Waals surface area contributed by atoms with Crippen LogP contribution < -0.4 is 0 Å². The van der Waals surface area contributed by atoms with E-state index in [0.29, 0.717) is 16.8 Å². The second kappa shape index (κ2) is 4.94. The van der Waals surface area contributed by atoms with Crippen molar-refractivity contribution in [2.45, 2.75) is 0 Å². The molecule has 0 aliphatic carbocycles. The molecule has 5 heteroatoms. The number of fused-ring (bicyclic) bond motifs is 1. The van der Waals surface area contributed by atoms with Crippen molar-refractivity contribution >= 4 is 16.9 Å². The summed E-state index contributed by atoms with van der Waals surface area (Å²) in [5.74, 6) is -2.09. The first-order valence-corrected chi connectivity index (χ1v) is 6.14. The molecular formula is C16H9F2NO2. The SMILES string of the molecule is O=C(O)c1cc(-c2ccc(F)cc2)nc2ccc(F)cc12. The van der Waals surface area contributed by atoms with E-state index in [0.717, 1.165) is 6.07 Å². The van der Waals surface area contributed by atoms with Crippen LogP contribution in [0.1, 0.15) is 10.4 Å². The molecule has 1 heterocycles. The first kappa shape index (κ1) is 13.2. The molecule has 3 rings (SSSR count). The maximum atomic E-state index is 13.3. The highest BCUT2D eigenvalue weighted by Crippen LogP contribution is 2.25. The van der Waals surface area contributed by atoms with E-state index in [-0.39, 0.29) is 16.8 Å². The number of pyridine rings is 1. The van der Waals surface area contributed by atoms with Gasteiger partial charge in [0.15, 0.2) is 0 Å². The molecule has 0 atom stereocenters. The van der Waals surface area contributed by atoms with E-state index >= 15 is 0 Å². The number of halogens is 2. The van der Waals surface area contributed by atoms with Gasteiger partial charge in [0.2, 0.25) is 0 Å². The minimum Gasteiger partial charge on any atom is -0.478 e. The number of carboxylic acids is 1. The van der Waals surface area contributed by atoms with Crippen molar-refractivity contribution in [3.8, 4) is 11.3 Å². The minimum atomic E-state index is -1.17. The zero-order valence-electron chi connectivity index (χ0n) is 10.7. The Bertz CT molecular complexity index is 845. The van der Waals surface area contributed by atoms with Crippen LogP contribution in [0.4, 0.5) is 8.78 Å². The van der Waals surface area contributed by atoms with Crippen LogP contribution in [0.5, 0.6) is 0 Å². The second-order valence-electron chi connectivity index (χ2n) is 4.53. The van der Waals surface area contributed by atoms with Crippen molar-refractivity contribution in [2.75, 3.05) is 0 Å². The molecule has 0 saturated heterocycles. The molecule has 0 unspecified atom stereocenters. The van der Waals surface area contributed by atoms with E-state index in [1.54, 1.807) is 0 Å². The van der Waals surface area contributed by atoms with Crippen LogP contribution in [-0.4, -0.2) is 16.1 Å². The Morgan fingerprint density at radius 1 is 0.952 bits per heavy atom. The summed E-state index contributed by atoms with van der Waals surface area (Å²) in [5, 5.41) is 9.51. The molecule has 2 aromatic carbocycles. The fourth-order valence-electron chi connectivity index (χ4n) is 2.14. The number of hydrogen-bond acceptors (Lipinski definition) is 2. The number of carboxylic acid groups (broad SMARTS) is 1. The van der Waals surface area contributed by atoms with Crippen molar-refractivity contribution < 1.29 is 18.7 Å². The molecule has 0 spiro atoms. The molecule has 3 nitrogen and oxygen atoms in total. The molecule has 0 aliphatic heterocycles. The van der Waals surface area contributed by atoms with E-state index in [1.165, 1.54) is 42.5 Å². The van der Waals surface area contributed by atoms with E-state index < -0.39 is 11.8 Å². The molecule has 0 saturated carbocycles. The topological polar surface area (TPSA) is 50.2 Å². The lowest BCUT2D eigenvalue weighted by Crippen LogP contribution is -2.00. The number of rotatable bonds is 2. The number of aromatic nitrogens is 1. The molecule has 1 N–H and O–H groups in total. The largest absolute Gasteiger partial charge is 0.478 e. The third-order valence-corrected chi connectivity index (χ3v) is 3.14. The van der Waals surface area contributed by atoms with Gasteiger partial charge in [0.25, 0.3) is 0 Å². The summed E-state index contributed by atoms with van der Waals surface area (Å²) in [4.78, 5) is 15.7. The van der Waals surface area contributed by atoms with Gasteiger partial charge in [-0.2, -0.15) is 0 Å². The molecule has 21 heavy (non-hydrogen) atoms. The summed E-state index contributed by atoms with van der Waals surface area (Å²) in [6.07, 6.45) is 0. The Morgan fingerprint density at radius 2 is 1.62 bits per heavy atom. The number of carbonyl (C=O) groups is 1. The first-order chi connectivity index (χ1) is 10.0. The van der Waals surface area contributed by atoms with Crippen LogP contribution >= 0.6 is 0 Å². The Morgan fingerprint density at radius 3 is 2.29 bits per heavy atom. The van der Waals surface area contributed by atoms with Gasteiger partial charge in [-0.15, -0.1) is 0 Å². The zero-order chi connectivity index (χ0) is 15.0. The fourth-order valence-corrected chi connectivity index (χ4v) is 2.14. The lowest BCUT2D eigenvalue weighted by molar-refractivity contribution is 0.0699. The van der Waals surface area contributed by atoms with E-state index in [9.17, 15) is 18.7 Å². The van der Waals surface area contributed by atoms with Crippen molar-refractivity contribution in [3.05, 3.63) is 65.7 Å². The highest BCUT2D eigenvalue weighted by Gasteiger charge is 2.13. The number of nitrogens with zero attached hydrogens (tertiary/aromatic N) is 1. The smallest absolute Gasteiger partial charge is 0.336 e. The Kier molecular flexibility index (Phi) is 3.10. The number of aromatic carboxylic acids is 1. The van der Waals surface area contributed by atoms with E-state index in [2.05, 4.69) is 4.98 Å². The molecule has 0 radical (unpaired) electrons. The summed E-state index contributed by atoms with van der Waals surface area (Å²) in [6.45, 7) is 0. The lowest BCUT2D eigenvalue weighted by atomic mass is 10.0. The molecular weight excluding hydrogens is 276 g/mol. The Hall–Kier alpha value is -2.82. The van der Waals surface area contributed by atoms with Crippen molar-refractivity contribution in [3.63, 3.8) is 0 Å². The van der Waals surface area contributed by atoms with Crippen molar-refractivity contribution in [1.82, 2.24) is 4.98 Å². The Labute approximate surface area is 118 Å². The average molecular weight is 285 g/mol. The first-order valence-electron chi connectivity index (χ1n) is 6.14. The highest BCUT2D eigenvalue weighted by atomic mass is 19.1. The van der Waals surface area contributed by atoms with Gasteiger partial charge in [0.05, 0.1) is 16.8 Å². The van der Waals surface area contributed by atoms with E-state index in [4.69, 9.17) is 0 Å². The molecule has 0 amide bonds. The summed E-state index contributed by atoms with van der Waals surface area (Å²) in [6, 6.07) is 10.7. The van der Waals surface area contributed by atoms with Gasteiger partial charge < -0.3 is 5.11 Å². The minimum absolute atomic E-state index is 0.0428. The van der Waals surface area contributed by atoms with Gasteiger partial charge >= 0.3 is 5.97 Å². The van der Waals surface area contributed by atoms with Crippen LogP contribution in [0, 0.1) is 11.6 Å². The number of hydrogen-bond donors (Lipinski definition) is 1. The monoisotopic (exact) mass is 285 g/mol. The Balaban J connectivity index is 2.28. The second-order valence-corrected chi connectivity index (χ2v) is 4.53. The molecule has 1 aromatic heterocycles. The highest BCUT2D eigenvalue weighted by molar-refractivity contribution is 6.03. The normalized spacial score (nSPS) is 10.8. The van der Waals surface area contributed by atoms with Crippen LogP contribution in [0.2, 0.25) is 0 Å². The molecule has 3 aromatic rings. The van der Waals surface area contributed by atoms with Crippen molar-refractivity contribution in [2.24, 2.45) is 0 Å². The van der Waals surface area contributed by atoms with Gasteiger partial charge in [-0.1, -0.05) is 0 Å². The van der Waals surface area contributed by atoms with Gasteiger partial charge in [-0.25, -0.2) is 18.6 Å². The third kappa shape index (κ3) is 2.45. The van der Waals surface area contributed by atoms with Gasteiger partial charge in [-0.3, -0.25) is 0 Å². The zero-order valence-corrected chi connectivity index (χ0v) is 10.7. The fraction of sp³-hybridized carbons (Fsp3) is 0. The predicted octanol–water partition coefficient (Wildman–Crippen LogP) is 3.88. The third-order valence-electron chi connectivity index (χ3n) is 3.14. The average Bonchev–Trinajstić information content (AvgIpc) is 2.46. The van der Waals surface area contributed by atoms with E-state index in [1.807, 2.05) is 0 Å². The maximum Gasteiger partial charge on any atom is 0.336 e. The van der Waals surface area contributed by atoms with Crippen LogP contribution in [0.3, 0.4) is 0 Å². The molecule has 104 valence electrons. The van der Waals surface area contributed by atoms with Crippen LogP contribution in [0.15, 0.2) is 48.5 Å². The summed E-state index contributed by atoms with van der Waals surface area (Å²) in [7, 11) is 0. The number of benzene rings is 2. The lowest BCUT2D eigenvalue weighted by Gasteiger charge is -2.07. The molecule has 0 fully saturated rings.